The molecular formula is C16H22N2O. The van der Waals surface area contributed by atoms with E-state index in [1.54, 1.807) is 0 Å². The summed E-state index contributed by atoms with van der Waals surface area (Å²) >= 11 is 0. The van der Waals surface area contributed by atoms with Gasteiger partial charge in [0, 0.05) is 50.4 Å². The summed E-state index contributed by atoms with van der Waals surface area (Å²) in [5.74, 6) is 0.453. The number of fused-ring (bicyclic) bond motifs is 2. The van der Waals surface area contributed by atoms with Crippen LogP contribution in [0.2, 0.25) is 0 Å². The van der Waals surface area contributed by atoms with Crippen LogP contribution >= 0.6 is 0 Å². The van der Waals surface area contributed by atoms with Crippen molar-refractivity contribution in [1.82, 2.24) is 0 Å². The number of carbonyl (C=O) groups excluding carboxylic acids is 1. The molecule has 3 nitrogen and oxygen atoms in total. The predicted molar refractivity (Wildman–Crippen MR) is 78.9 cm³/mol. The topological polar surface area (TPSA) is 23.6 Å². The first kappa shape index (κ1) is 12.5. The first-order chi connectivity index (χ1) is 9.15. The second-order valence-electron chi connectivity index (χ2n) is 6.01. The van der Waals surface area contributed by atoms with Crippen LogP contribution in [-0.4, -0.2) is 32.0 Å². The van der Waals surface area contributed by atoms with Crippen molar-refractivity contribution in [2.45, 2.75) is 44.2 Å². The fourth-order valence-electron chi connectivity index (χ4n) is 3.53. The Morgan fingerprint density at radius 1 is 1.16 bits per heavy atom. The second kappa shape index (κ2) is 4.87. The first-order valence-electron chi connectivity index (χ1n) is 7.22. The van der Waals surface area contributed by atoms with Crippen LogP contribution < -0.4 is 9.80 Å². The number of rotatable bonds is 2. The van der Waals surface area contributed by atoms with Gasteiger partial charge in [-0.3, -0.25) is 4.79 Å². The largest absolute Gasteiger partial charge is 0.378 e. The van der Waals surface area contributed by atoms with Gasteiger partial charge in [0.25, 0.3) is 0 Å². The molecule has 2 heterocycles. The number of hydrogen-bond donors (Lipinski definition) is 0. The Kier molecular flexibility index (Phi) is 3.21. The predicted octanol–water partition coefficient (Wildman–Crippen LogP) is 2.84. The molecule has 102 valence electrons. The van der Waals surface area contributed by atoms with Gasteiger partial charge in [-0.05, 0) is 37.5 Å². The number of anilines is 2. The highest BCUT2D eigenvalue weighted by Gasteiger charge is 2.37. The summed E-state index contributed by atoms with van der Waals surface area (Å²) in [4.78, 5) is 16.4. The zero-order valence-electron chi connectivity index (χ0n) is 11.8. The molecule has 19 heavy (non-hydrogen) atoms. The van der Waals surface area contributed by atoms with E-state index in [-0.39, 0.29) is 0 Å². The number of hydrogen-bond acceptors (Lipinski definition) is 3. The van der Waals surface area contributed by atoms with Crippen LogP contribution in [0.1, 0.15) is 32.1 Å². The Balaban J connectivity index is 1.92. The molecule has 0 aromatic heterocycles. The maximum atomic E-state index is 11.8. The minimum atomic E-state index is 0.428. The van der Waals surface area contributed by atoms with Crippen molar-refractivity contribution in [3.8, 4) is 0 Å². The summed E-state index contributed by atoms with van der Waals surface area (Å²) in [5, 5.41) is 0. The molecule has 2 aliphatic heterocycles. The minimum absolute atomic E-state index is 0.428. The van der Waals surface area contributed by atoms with Crippen LogP contribution in [-0.2, 0) is 4.79 Å². The van der Waals surface area contributed by atoms with Gasteiger partial charge in [-0.25, -0.2) is 0 Å². The molecular weight excluding hydrogens is 236 g/mol. The Labute approximate surface area is 115 Å². The molecule has 0 amide bonds. The first-order valence-corrected chi connectivity index (χ1v) is 7.22. The molecule has 1 aromatic carbocycles. The molecule has 0 aliphatic carbocycles. The van der Waals surface area contributed by atoms with Gasteiger partial charge >= 0.3 is 0 Å². The lowest BCUT2D eigenvalue weighted by Crippen LogP contribution is -2.52. The molecule has 0 saturated carbocycles. The van der Waals surface area contributed by atoms with E-state index in [4.69, 9.17) is 0 Å². The van der Waals surface area contributed by atoms with Gasteiger partial charge in [0.1, 0.15) is 5.78 Å². The van der Waals surface area contributed by atoms with Crippen molar-refractivity contribution in [3.63, 3.8) is 0 Å². The van der Waals surface area contributed by atoms with Gasteiger partial charge in [-0.15, -0.1) is 0 Å². The molecule has 0 radical (unpaired) electrons. The van der Waals surface area contributed by atoms with Crippen molar-refractivity contribution in [1.29, 1.82) is 0 Å². The maximum absolute atomic E-state index is 11.8. The lowest BCUT2D eigenvalue weighted by molar-refractivity contribution is -0.121. The van der Waals surface area contributed by atoms with Gasteiger partial charge in [-0.2, -0.15) is 0 Å². The number of Topliss-reactive ketones (excluding diaryl/α,β-unsaturated/α-hetero) is 1. The third-order valence-electron chi connectivity index (χ3n) is 4.43. The third-order valence-corrected chi connectivity index (χ3v) is 4.43. The SMILES string of the molecule is CN(C)c1cccc(N2C3CCCC2CC(=O)C3)c1. The molecule has 2 unspecified atom stereocenters. The smallest absolute Gasteiger partial charge is 0.137 e. The monoisotopic (exact) mass is 258 g/mol. The summed E-state index contributed by atoms with van der Waals surface area (Å²) in [6.07, 6.45) is 5.07. The average molecular weight is 258 g/mol. The standard InChI is InChI=1S/C16H22N2O/c1-17(2)12-5-3-6-13(9-12)18-14-7-4-8-15(18)11-16(19)10-14/h3,5-6,9,14-15H,4,7-8,10-11H2,1-2H3. The number of benzene rings is 1. The van der Waals surface area contributed by atoms with Crippen molar-refractivity contribution >= 4 is 17.2 Å². The molecule has 2 saturated heterocycles. The van der Waals surface area contributed by atoms with Crippen LogP contribution in [0.5, 0.6) is 0 Å². The normalized spacial score (nSPS) is 26.4. The number of ketones is 1. The Morgan fingerprint density at radius 3 is 2.47 bits per heavy atom. The quantitative estimate of drug-likeness (QED) is 0.815. The fraction of sp³-hybridized carbons (Fsp3) is 0.562. The van der Waals surface area contributed by atoms with E-state index in [1.807, 2.05) is 0 Å². The van der Waals surface area contributed by atoms with E-state index < -0.39 is 0 Å². The maximum Gasteiger partial charge on any atom is 0.137 e. The Morgan fingerprint density at radius 2 is 1.84 bits per heavy atom. The van der Waals surface area contributed by atoms with Gasteiger partial charge in [0.05, 0.1) is 0 Å². The van der Waals surface area contributed by atoms with Crippen molar-refractivity contribution in [3.05, 3.63) is 24.3 Å². The van der Waals surface area contributed by atoms with E-state index in [2.05, 4.69) is 48.2 Å². The summed E-state index contributed by atoms with van der Waals surface area (Å²) in [7, 11) is 4.14. The van der Waals surface area contributed by atoms with Crippen molar-refractivity contribution in [2.24, 2.45) is 0 Å². The molecule has 1 aromatic rings. The summed E-state index contributed by atoms with van der Waals surface area (Å²) in [6, 6.07) is 9.55. The van der Waals surface area contributed by atoms with Crippen LogP contribution in [0, 0.1) is 0 Å². The van der Waals surface area contributed by atoms with Crippen LogP contribution in [0.3, 0.4) is 0 Å². The zero-order valence-corrected chi connectivity index (χ0v) is 11.8. The van der Waals surface area contributed by atoms with E-state index in [1.165, 1.54) is 17.8 Å². The molecule has 2 atom stereocenters. The highest BCUT2D eigenvalue weighted by molar-refractivity contribution is 5.83. The van der Waals surface area contributed by atoms with Crippen LogP contribution in [0.4, 0.5) is 11.4 Å². The molecule has 0 N–H and O–H groups in total. The summed E-state index contributed by atoms with van der Waals surface area (Å²) in [6.45, 7) is 0. The number of piperidine rings is 2. The van der Waals surface area contributed by atoms with Crippen molar-refractivity contribution < 1.29 is 4.79 Å². The average Bonchev–Trinajstić information content (AvgIpc) is 2.37. The van der Waals surface area contributed by atoms with Gasteiger partial charge < -0.3 is 9.80 Å². The highest BCUT2D eigenvalue weighted by Crippen LogP contribution is 2.37. The summed E-state index contributed by atoms with van der Waals surface area (Å²) in [5.41, 5.74) is 2.51. The molecule has 3 rings (SSSR count). The number of nitrogens with zero attached hydrogens (tertiary/aromatic N) is 2. The van der Waals surface area contributed by atoms with Crippen molar-refractivity contribution in [2.75, 3.05) is 23.9 Å². The molecule has 3 heteroatoms. The molecule has 2 fully saturated rings. The lowest BCUT2D eigenvalue weighted by Gasteiger charge is -2.47. The van der Waals surface area contributed by atoms with E-state index in [0.29, 0.717) is 17.9 Å². The molecule has 0 spiro atoms. The van der Waals surface area contributed by atoms with Crippen LogP contribution in [0.15, 0.2) is 24.3 Å². The Bertz CT molecular complexity index is 467. The Hall–Kier alpha value is -1.51. The van der Waals surface area contributed by atoms with Crippen LogP contribution in [0.25, 0.3) is 0 Å². The fourth-order valence-corrected chi connectivity index (χ4v) is 3.53. The third kappa shape index (κ3) is 2.34. The highest BCUT2D eigenvalue weighted by atomic mass is 16.1. The second-order valence-corrected chi connectivity index (χ2v) is 6.01. The number of carbonyl (C=O) groups is 1. The van der Waals surface area contributed by atoms with E-state index in [0.717, 1.165) is 25.7 Å². The van der Waals surface area contributed by atoms with E-state index >= 15 is 0 Å². The molecule has 2 aliphatic rings. The summed E-state index contributed by atoms with van der Waals surface area (Å²) < 4.78 is 0. The van der Waals surface area contributed by atoms with E-state index in [9.17, 15) is 4.79 Å². The minimum Gasteiger partial charge on any atom is -0.378 e. The van der Waals surface area contributed by atoms with Gasteiger partial charge in [-0.1, -0.05) is 6.07 Å². The van der Waals surface area contributed by atoms with Gasteiger partial charge in [0.2, 0.25) is 0 Å². The molecule has 2 bridgehead atoms. The zero-order chi connectivity index (χ0) is 13.4. The lowest BCUT2D eigenvalue weighted by atomic mass is 9.83. The van der Waals surface area contributed by atoms with Gasteiger partial charge in [0.15, 0.2) is 0 Å².